The first-order valence-corrected chi connectivity index (χ1v) is 12.4. The van der Waals surface area contributed by atoms with Crippen molar-refractivity contribution in [2.75, 3.05) is 17.3 Å². The van der Waals surface area contributed by atoms with Crippen molar-refractivity contribution in [3.8, 4) is 11.6 Å². The quantitative estimate of drug-likeness (QED) is 0.326. The third-order valence-corrected chi connectivity index (χ3v) is 7.01. The number of rotatable bonds is 7. The van der Waals surface area contributed by atoms with Crippen molar-refractivity contribution < 1.29 is 18.9 Å². The van der Waals surface area contributed by atoms with Gasteiger partial charge in [0.15, 0.2) is 0 Å². The van der Waals surface area contributed by atoms with Crippen LogP contribution in [0.2, 0.25) is 0 Å². The molecule has 9 nitrogen and oxygen atoms in total. The van der Waals surface area contributed by atoms with E-state index in [1.807, 2.05) is 84.4 Å². The van der Waals surface area contributed by atoms with Crippen molar-refractivity contribution >= 4 is 41.1 Å². The maximum absolute atomic E-state index is 13.6. The van der Waals surface area contributed by atoms with E-state index in [0.717, 1.165) is 27.7 Å². The number of carbonyl (C=O) groups excluding carboxylic acids is 1. The van der Waals surface area contributed by atoms with Gasteiger partial charge in [0, 0.05) is 37.1 Å². The van der Waals surface area contributed by atoms with Crippen molar-refractivity contribution in [1.29, 1.82) is 0 Å². The Morgan fingerprint density at radius 2 is 1.89 bits per heavy atom. The number of para-hydroxylation sites is 1. The molecule has 38 heavy (non-hydrogen) atoms. The number of fused-ring (bicyclic) bond motifs is 2. The Bertz CT molecular complexity index is 1620. The van der Waals surface area contributed by atoms with Gasteiger partial charge in [-0.2, -0.15) is 0 Å². The van der Waals surface area contributed by atoms with Crippen LogP contribution < -0.4 is 15.7 Å². The zero-order valence-corrected chi connectivity index (χ0v) is 21.0. The van der Waals surface area contributed by atoms with Gasteiger partial charge in [0.1, 0.15) is 11.7 Å². The Balaban J connectivity index is 1.29. The van der Waals surface area contributed by atoms with Crippen molar-refractivity contribution in [1.82, 2.24) is 14.8 Å². The summed E-state index contributed by atoms with van der Waals surface area (Å²) in [5.74, 6) is 0.131. The lowest BCUT2D eigenvalue weighted by molar-refractivity contribution is -0.117. The monoisotopic (exact) mass is 507 g/mol. The van der Waals surface area contributed by atoms with E-state index >= 15 is 0 Å². The van der Waals surface area contributed by atoms with Gasteiger partial charge in [-0.15, -0.1) is 5.10 Å². The first-order chi connectivity index (χ1) is 18.5. The molecule has 1 atom stereocenters. The zero-order valence-electron chi connectivity index (χ0n) is 21.0. The molecule has 0 saturated carbocycles. The van der Waals surface area contributed by atoms with Gasteiger partial charge in [-0.05, 0) is 40.9 Å². The van der Waals surface area contributed by atoms with E-state index in [-0.39, 0.29) is 11.9 Å². The third kappa shape index (κ3) is 4.44. The van der Waals surface area contributed by atoms with Crippen LogP contribution >= 0.6 is 0 Å². The molecule has 0 saturated heterocycles. The molecule has 2 aromatic heterocycles. The molecule has 1 amide bonds. The van der Waals surface area contributed by atoms with Crippen LogP contribution in [0, 0.1) is 0 Å². The molecule has 3 heterocycles. The lowest BCUT2D eigenvalue weighted by atomic mass is 9.79. The Hall–Kier alpha value is -4.41. The first-order valence-electron chi connectivity index (χ1n) is 12.4. The molecule has 10 heteroatoms. The summed E-state index contributed by atoms with van der Waals surface area (Å²) in [6, 6.07) is 24.8. The van der Waals surface area contributed by atoms with E-state index in [2.05, 4.69) is 15.5 Å². The van der Waals surface area contributed by atoms with Crippen molar-refractivity contribution in [3.05, 3.63) is 90.0 Å². The summed E-state index contributed by atoms with van der Waals surface area (Å²) in [6.07, 6.45) is 0.422. The molecule has 3 aromatic carbocycles. The molecule has 0 radical (unpaired) electrons. The molecule has 190 valence electrons. The summed E-state index contributed by atoms with van der Waals surface area (Å²) in [4.78, 5) is 15.3. The number of likely N-dealkylation sites (N-methyl/N-ethyl adjacent to an activating group) is 1. The van der Waals surface area contributed by atoms with Gasteiger partial charge in [0.2, 0.25) is 5.91 Å². The molecule has 2 N–H and O–H groups in total. The predicted octanol–water partition coefficient (Wildman–Crippen LogP) is 3.13. The molecule has 1 aliphatic heterocycles. The number of anilines is 2. The topological polar surface area (TPSA) is 106 Å². The number of carbonyl (C=O) groups is 1. The minimum absolute atomic E-state index is 0.235. The normalized spacial score (nSPS) is 13.5. The van der Waals surface area contributed by atoms with Crippen LogP contribution in [0.3, 0.4) is 0 Å². The van der Waals surface area contributed by atoms with E-state index in [0.29, 0.717) is 30.1 Å². The largest absolute Gasteiger partial charge is 0.491 e. The van der Waals surface area contributed by atoms with E-state index < -0.39 is 13.2 Å². The lowest BCUT2D eigenvalue weighted by Gasteiger charge is -2.26. The maximum Gasteiger partial charge on any atom is 0.491 e. The highest BCUT2D eigenvalue weighted by Gasteiger charge is 2.30. The second-order valence-electron chi connectivity index (χ2n) is 9.42. The maximum atomic E-state index is 13.6. The molecular weight excluding hydrogens is 481 g/mol. The Morgan fingerprint density at radius 3 is 2.71 bits per heavy atom. The van der Waals surface area contributed by atoms with Crippen LogP contribution in [0.4, 0.5) is 11.7 Å². The fourth-order valence-corrected chi connectivity index (χ4v) is 4.85. The smallest absolute Gasteiger partial charge is 0.423 e. The number of aromatic nitrogens is 3. The number of aryl methyl sites for hydroxylation is 1. The highest BCUT2D eigenvalue weighted by Crippen LogP contribution is 2.28. The molecule has 1 aliphatic rings. The van der Waals surface area contributed by atoms with Crippen LogP contribution in [0.25, 0.3) is 22.5 Å². The summed E-state index contributed by atoms with van der Waals surface area (Å²) in [5, 5.41) is 22.7. The SMILES string of the molecule is CN(c1nnc(-c2cc3ccccc3n2C)o1)[C@@H](Cc1ccccc1)C(=O)Nc1ccc2c(c1)B(O)OC2. The van der Waals surface area contributed by atoms with Gasteiger partial charge in [-0.3, -0.25) is 4.79 Å². The lowest BCUT2D eigenvalue weighted by Crippen LogP contribution is -2.44. The molecule has 0 unspecified atom stereocenters. The molecule has 0 bridgehead atoms. The van der Waals surface area contributed by atoms with Crippen LogP contribution in [-0.4, -0.2) is 45.9 Å². The van der Waals surface area contributed by atoms with E-state index in [1.54, 1.807) is 18.0 Å². The molecular formula is C28H26BN5O4. The van der Waals surface area contributed by atoms with E-state index in [9.17, 15) is 9.82 Å². The van der Waals surface area contributed by atoms with Gasteiger partial charge in [0.05, 0.1) is 6.61 Å². The van der Waals surface area contributed by atoms with Crippen LogP contribution in [0.15, 0.2) is 83.3 Å². The minimum atomic E-state index is -0.990. The standard InChI is InChI=1S/C28H26BN5O4/c1-33-23-11-7-6-10-19(23)15-25(33)27-31-32-28(38-27)34(2)24(14-18-8-4-3-5-9-18)26(35)30-21-13-12-20-17-37-29(36)22(20)16-21/h3-13,15-16,24,36H,14,17H2,1-2H3,(H,30,35)/t24-/m0/s1. The van der Waals surface area contributed by atoms with Gasteiger partial charge in [-0.25, -0.2) is 0 Å². The molecule has 0 fully saturated rings. The highest BCUT2D eigenvalue weighted by atomic mass is 16.5. The summed E-state index contributed by atoms with van der Waals surface area (Å²) >= 11 is 0. The number of benzene rings is 3. The average Bonchev–Trinajstić information content (AvgIpc) is 3.65. The van der Waals surface area contributed by atoms with E-state index in [1.165, 1.54) is 0 Å². The summed E-state index contributed by atoms with van der Waals surface area (Å²) in [7, 11) is 2.73. The Kier molecular flexibility index (Phi) is 6.19. The fourth-order valence-electron chi connectivity index (χ4n) is 4.85. The fraction of sp³-hybridized carbons (Fsp3) is 0.179. The summed E-state index contributed by atoms with van der Waals surface area (Å²) in [5.41, 5.74) is 4.98. The van der Waals surface area contributed by atoms with Crippen molar-refractivity contribution in [2.45, 2.75) is 19.1 Å². The Labute approximate surface area is 219 Å². The number of nitrogens with zero attached hydrogens (tertiary/aromatic N) is 4. The number of hydrogen-bond donors (Lipinski definition) is 2. The minimum Gasteiger partial charge on any atom is -0.423 e. The summed E-state index contributed by atoms with van der Waals surface area (Å²) < 4.78 is 13.4. The van der Waals surface area contributed by atoms with Crippen LogP contribution in [0.5, 0.6) is 0 Å². The number of hydrogen-bond acceptors (Lipinski definition) is 7. The van der Waals surface area contributed by atoms with Gasteiger partial charge < -0.3 is 28.9 Å². The van der Waals surface area contributed by atoms with Crippen molar-refractivity contribution in [2.24, 2.45) is 7.05 Å². The molecule has 0 spiro atoms. The van der Waals surface area contributed by atoms with Gasteiger partial charge in [-0.1, -0.05) is 59.7 Å². The highest BCUT2D eigenvalue weighted by molar-refractivity contribution is 6.61. The molecule has 5 aromatic rings. The van der Waals surface area contributed by atoms with Gasteiger partial charge in [0.25, 0.3) is 5.89 Å². The summed E-state index contributed by atoms with van der Waals surface area (Å²) in [6.45, 7) is 0.348. The predicted molar refractivity (Wildman–Crippen MR) is 146 cm³/mol. The average molecular weight is 507 g/mol. The first kappa shape index (κ1) is 24.0. The molecule has 0 aliphatic carbocycles. The molecule has 6 rings (SSSR count). The number of amides is 1. The Morgan fingerprint density at radius 1 is 1.11 bits per heavy atom. The van der Waals surface area contributed by atoms with E-state index in [4.69, 9.17) is 9.07 Å². The van der Waals surface area contributed by atoms with Crippen LogP contribution in [-0.2, 0) is 29.5 Å². The van der Waals surface area contributed by atoms with Gasteiger partial charge >= 0.3 is 13.1 Å². The van der Waals surface area contributed by atoms with Crippen LogP contribution in [0.1, 0.15) is 11.1 Å². The second kappa shape index (κ2) is 9.81. The zero-order chi connectivity index (χ0) is 26.2. The second-order valence-corrected chi connectivity index (χ2v) is 9.42. The number of nitrogens with one attached hydrogen (secondary N) is 1. The third-order valence-electron chi connectivity index (χ3n) is 7.01. The van der Waals surface area contributed by atoms with Crippen molar-refractivity contribution in [3.63, 3.8) is 0 Å².